The van der Waals surface area contributed by atoms with E-state index in [4.69, 9.17) is 4.74 Å². The van der Waals surface area contributed by atoms with Crippen LogP contribution in [-0.2, 0) is 4.79 Å². The summed E-state index contributed by atoms with van der Waals surface area (Å²) in [5, 5.41) is 0. The Balaban J connectivity index is 1.82. The van der Waals surface area contributed by atoms with Gasteiger partial charge in [-0.2, -0.15) is 0 Å². The maximum absolute atomic E-state index is 13.0. The summed E-state index contributed by atoms with van der Waals surface area (Å²) in [6.07, 6.45) is 0. The molecule has 0 aliphatic carbocycles. The van der Waals surface area contributed by atoms with E-state index < -0.39 is 6.04 Å². The molecule has 1 aliphatic heterocycles. The first-order valence-electron chi connectivity index (χ1n) is 8.93. The highest BCUT2D eigenvalue weighted by atomic mass is 16.5. The number of carbonyl (C=O) groups is 2. The van der Waals surface area contributed by atoms with Gasteiger partial charge in [0, 0.05) is 18.7 Å². The topological polar surface area (TPSA) is 49.9 Å². The minimum atomic E-state index is -0.522. The van der Waals surface area contributed by atoms with Crippen LogP contribution in [0.25, 0.3) is 0 Å². The first-order chi connectivity index (χ1) is 12.5. The molecule has 0 N–H and O–H groups in total. The second-order valence-corrected chi connectivity index (χ2v) is 6.43. The van der Waals surface area contributed by atoms with E-state index in [-0.39, 0.29) is 11.8 Å². The molecule has 26 heavy (non-hydrogen) atoms. The van der Waals surface area contributed by atoms with Crippen LogP contribution in [0.2, 0.25) is 0 Å². The Labute approximate surface area is 154 Å². The Kier molecular flexibility index (Phi) is 5.26. The standard InChI is InChI=1S/C21H24N2O3/c1-4-26-19-11-6-5-10-18(19)23-13-12-22(16(3)20(23)24)21(25)17-9-7-8-15(2)14-17/h5-11,14,16H,4,12-13H2,1-3H3/t16-/m0/s1. The molecule has 2 aromatic carbocycles. The minimum Gasteiger partial charge on any atom is -0.492 e. The van der Waals surface area contributed by atoms with Gasteiger partial charge in [-0.15, -0.1) is 0 Å². The van der Waals surface area contributed by atoms with E-state index in [2.05, 4.69) is 0 Å². The lowest BCUT2D eigenvalue weighted by atomic mass is 10.1. The predicted molar refractivity (Wildman–Crippen MR) is 102 cm³/mol. The largest absolute Gasteiger partial charge is 0.492 e. The summed E-state index contributed by atoms with van der Waals surface area (Å²) in [5.74, 6) is 0.491. The summed E-state index contributed by atoms with van der Waals surface area (Å²) in [5.41, 5.74) is 2.40. The summed E-state index contributed by atoms with van der Waals surface area (Å²) in [6, 6.07) is 14.5. The van der Waals surface area contributed by atoms with Crippen LogP contribution in [0.5, 0.6) is 5.75 Å². The first-order valence-corrected chi connectivity index (χ1v) is 8.93. The number of ether oxygens (including phenoxy) is 1. The Morgan fingerprint density at radius 2 is 1.92 bits per heavy atom. The number of para-hydroxylation sites is 2. The zero-order valence-electron chi connectivity index (χ0n) is 15.4. The smallest absolute Gasteiger partial charge is 0.254 e. The number of hydrogen-bond donors (Lipinski definition) is 0. The molecule has 0 radical (unpaired) electrons. The molecule has 1 aliphatic rings. The summed E-state index contributed by atoms with van der Waals surface area (Å²) < 4.78 is 5.66. The third-order valence-corrected chi connectivity index (χ3v) is 4.64. The highest BCUT2D eigenvalue weighted by molar-refractivity contribution is 6.04. The average Bonchev–Trinajstić information content (AvgIpc) is 2.64. The summed E-state index contributed by atoms with van der Waals surface area (Å²) in [7, 11) is 0. The number of amides is 2. The van der Waals surface area contributed by atoms with Gasteiger partial charge in [0.25, 0.3) is 5.91 Å². The third kappa shape index (κ3) is 3.43. The van der Waals surface area contributed by atoms with Crippen molar-refractivity contribution >= 4 is 17.5 Å². The molecule has 0 bridgehead atoms. The number of rotatable bonds is 4. The van der Waals surface area contributed by atoms with Crippen molar-refractivity contribution in [3.8, 4) is 5.75 Å². The molecule has 3 rings (SSSR count). The highest BCUT2D eigenvalue weighted by Crippen LogP contribution is 2.30. The molecule has 1 heterocycles. The van der Waals surface area contributed by atoms with Crippen molar-refractivity contribution < 1.29 is 14.3 Å². The predicted octanol–water partition coefficient (Wildman–Crippen LogP) is 3.27. The van der Waals surface area contributed by atoms with Gasteiger partial charge in [0.2, 0.25) is 5.91 Å². The summed E-state index contributed by atoms with van der Waals surface area (Å²) in [4.78, 5) is 29.2. The van der Waals surface area contributed by atoms with Crippen molar-refractivity contribution in [2.24, 2.45) is 0 Å². The van der Waals surface area contributed by atoms with Crippen LogP contribution < -0.4 is 9.64 Å². The third-order valence-electron chi connectivity index (χ3n) is 4.64. The van der Waals surface area contributed by atoms with Crippen LogP contribution in [-0.4, -0.2) is 42.5 Å². The quantitative estimate of drug-likeness (QED) is 0.848. The van der Waals surface area contributed by atoms with Crippen molar-refractivity contribution in [2.75, 3.05) is 24.6 Å². The normalized spacial score (nSPS) is 17.3. The average molecular weight is 352 g/mol. The van der Waals surface area contributed by atoms with E-state index in [9.17, 15) is 9.59 Å². The Morgan fingerprint density at radius 3 is 2.65 bits per heavy atom. The van der Waals surface area contributed by atoms with Gasteiger partial charge in [-0.05, 0) is 45.0 Å². The molecular formula is C21H24N2O3. The van der Waals surface area contributed by atoms with Gasteiger partial charge in [0.15, 0.2) is 0 Å². The lowest BCUT2D eigenvalue weighted by Gasteiger charge is -2.39. The molecule has 0 saturated carbocycles. The van der Waals surface area contributed by atoms with Crippen LogP contribution in [0.1, 0.15) is 29.8 Å². The van der Waals surface area contributed by atoms with E-state index in [0.29, 0.717) is 31.0 Å². The number of carbonyl (C=O) groups excluding carboxylic acids is 2. The lowest BCUT2D eigenvalue weighted by Crippen LogP contribution is -2.57. The number of anilines is 1. The molecule has 1 saturated heterocycles. The molecule has 2 amide bonds. The Morgan fingerprint density at radius 1 is 1.15 bits per heavy atom. The maximum Gasteiger partial charge on any atom is 0.254 e. The van der Waals surface area contributed by atoms with Crippen LogP contribution in [0.4, 0.5) is 5.69 Å². The molecule has 2 aromatic rings. The van der Waals surface area contributed by atoms with Crippen LogP contribution >= 0.6 is 0 Å². The van der Waals surface area contributed by atoms with Gasteiger partial charge >= 0.3 is 0 Å². The number of hydrogen-bond acceptors (Lipinski definition) is 3. The minimum absolute atomic E-state index is 0.0931. The molecule has 5 nitrogen and oxygen atoms in total. The van der Waals surface area contributed by atoms with Crippen LogP contribution in [0.3, 0.4) is 0 Å². The van der Waals surface area contributed by atoms with Gasteiger partial charge in [-0.1, -0.05) is 29.8 Å². The molecular weight excluding hydrogens is 328 g/mol. The zero-order chi connectivity index (χ0) is 18.7. The van der Waals surface area contributed by atoms with Crippen LogP contribution in [0, 0.1) is 6.92 Å². The molecule has 136 valence electrons. The van der Waals surface area contributed by atoms with Crippen LogP contribution in [0.15, 0.2) is 48.5 Å². The van der Waals surface area contributed by atoms with Gasteiger partial charge in [0.05, 0.1) is 12.3 Å². The summed E-state index contributed by atoms with van der Waals surface area (Å²) in [6.45, 7) is 7.12. The summed E-state index contributed by atoms with van der Waals surface area (Å²) >= 11 is 0. The Hall–Kier alpha value is -2.82. The number of nitrogens with zero attached hydrogens (tertiary/aromatic N) is 2. The molecule has 0 unspecified atom stereocenters. The van der Waals surface area contributed by atoms with Crippen molar-refractivity contribution in [1.29, 1.82) is 0 Å². The number of piperazine rings is 1. The fourth-order valence-electron chi connectivity index (χ4n) is 3.29. The second-order valence-electron chi connectivity index (χ2n) is 6.43. The van der Waals surface area contributed by atoms with Gasteiger partial charge < -0.3 is 14.5 Å². The lowest BCUT2D eigenvalue weighted by molar-refractivity contribution is -0.124. The van der Waals surface area contributed by atoms with E-state index in [1.54, 1.807) is 22.8 Å². The van der Waals surface area contributed by atoms with E-state index >= 15 is 0 Å². The van der Waals surface area contributed by atoms with Crippen molar-refractivity contribution in [2.45, 2.75) is 26.8 Å². The van der Waals surface area contributed by atoms with Crippen molar-refractivity contribution in [1.82, 2.24) is 4.90 Å². The van der Waals surface area contributed by atoms with Crippen molar-refractivity contribution in [3.05, 3.63) is 59.7 Å². The fraction of sp³-hybridized carbons (Fsp3) is 0.333. The molecule has 0 spiro atoms. The SMILES string of the molecule is CCOc1ccccc1N1CCN(C(=O)c2cccc(C)c2)[C@@H](C)C1=O. The van der Waals surface area contributed by atoms with Crippen molar-refractivity contribution in [3.63, 3.8) is 0 Å². The molecule has 1 fully saturated rings. The van der Waals surface area contributed by atoms with E-state index in [1.807, 2.05) is 56.3 Å². The maximum atomic E-state index is 13.0. The van der Waals surface area contributed by atoms with Gasteiger partial charge in [-0.3, -0.25) is 9.59 Å². The highest BCUT2D eigenvalue weighted by Gasteiger charge is 2.36. The molecule has 0 aromatic heterocycles. The second kappa shape index (κ2) is 7.60. The van der Waals surface area contributed by atoms with E-state index in [0.717, 1.165) is 11.3 Å². The first kappa shape index (κ1) is 18.0. The van der Waals surface area contributed by atoms with E-state index in [1.165, 1.54) is 0 Å². The zero-order valence-corrected chi connectivity index (χ0v) is 15.4. The van der Waals surface area contributed by atoms with Gasteiger partial charge in [0.1, 0.15) is 11.8 Å². The Bertz CT molecular complexity index is 818. The fourth-order valence-corrected chi connectivity index (χ4v) is 3.29. The molecule has 1 atom stereocenters. The number of aryl methyl sites for hydroxylation is 1. The molecule has 5 heteroatoms. The van der Waals surface area contributed by atoms with Gasteiger partial charge in [-0.25, -0.2) is 0 Å². The monoisotopic (exact) mass is 352 g/mol. The number of benzene rings is 2.